The molecule has 0 aromatic heterocycles. The number of benzene rings is 1. The summed E-state index contributed by atoms with van der Waals surface area (Å²) in [6, 6.07) is 7.36. The second-order valence-electron chi connectivity index (χ2n) is 4.08. The lowest BCUT2D eigenvalue weighted by Gasteiger charge is -2.07. The van der Waals surface area contributed by atoms with Crippen molar-refractivity contribution in [3.05, 3.63) is 34.3 Å². The van der Waals surface area contributed by atoms with E-state index in [1.807, 2.05) is 24.3 Å². The maximum atomic E-state index is 11.8. The first kappa shape index (κ1) is 16.2. The molecule has 106 valence electrons. The van der Waals surface area contributed by atoms with Crippen LogP contribution in [-0.4, -0.2) is 25.2 Å². The molecule has 0 N–H and O–H groups in total. The zero-order valence-corrected chi connectivity index (χ0v) is 11.8. The van der Waals surface area contributed by atoms with Crippen molar-refractivity contribution in [2.45, 2.75) is 25.4 Å². The van der Waals surface area contributed by atoms with Gasteiger partial charge >= 0.3 is 6.18 Å². The molecular formula is C13H14BrF3O2. The first-order valence-electron chi connectivity index (χ1n) is 5.78. The predicted molar refractivity (Wildman–Crippen MR) is 69.0 cm³/mol. The third kappa shape index (κ3) is 7.32. The van der Waals surface area contributed by atoms with Crippen LogP contribution in [0.5, 0.6) is 0 Å². The fourth-order valence-corrected chi connectivity index (χ4v) is 1.93. The highest BCUT2D eigenvalue weighted by Crippen LogP contribution is 2.17. The highest BCUT2D eigenvalue weighted by atomic mass is 79.9. The number of ether oxygens (including phenoxy) is 1. The van der Waals surface area contributed by atoms with Gasteiger partial charge < -0.3 is 4.74 Å². The molecule has 1 aromatic carbocycles. The van der Waals surface area contributed by atoms with Crippen molar-refractivity contribution in [3.8, 4) is 0 Å². The number of carbonyl (C=O) groups is 1. The van der Waals surface area contributed by atoms with Crippen LogP contribution in [0.25, 0.3) is 0 Å². The molecule has 1 rings (SSSR count). The van der Waals surface area contributed by atoms with Crippen molar-refractivity contribution < 1.29 is 22.7 Å². The summed E-state index contributed by atoms with van der Waals surface area (Å²) in [4.78, 5) is 11.6. The molecule has 0 spiro atoms. The molecule has 0 aliphatic rings. The highest BCUT2D eigenvalue weighted by Gasteiger charge is 2.27. The van der Waals surface area contributed by atoms with Crippen molar-refractivity contribution in [3.63, 3.8) is 0 Å². The third-order valence-corrected chi connectivity index (χ3v) is 3.13. The molecule has 0 heterocycles. The van der Waals surface area contributed by atoms with Crippen molar-refractivity contribution in [2.24, 2.45) is 0 Å². The molecule has 0 amide bonds. The van der Waals surface area contributed by atoms with Gasteiger partial charge in [-0.1, -0.05) is 34.1 Å². The standard InChI is InChI=1S/C13H14BrF3O2/c14-12-6-2-1-4-10(12)8-11(18)5-3-7-19-9-13(15,16)17/h1-2,4,6H,3,5,7-9H2. The Morgan fingerprint density at radius 3 is 2.58 bits per heavy atom. The molecule has 0 saturated carbocycles. The summed E-state index contributed by atoms with van der Waals surface area (Å²) < 4.78 is 40.6. The number of halogens is 4. The molecule has 0 bridgehead atoms. The maximum absolute atomic E-state index is 11.8. The predicted octanol–water partition coefficient (Wildman–Crippen LogP) is 3.92. The molecule has 0 aliphatic heterocycles. The van der Waals surface area contributed by atoms with Crippen LogP contribution in [-0.2, 0) is 16.0 Å². The van der Waals surface area contributed by atoms with Crippen LogP contribution in [0.3, 0.4) is 0 Å². The smallest absolute Gasteiger partial charge is 0.372 e. The lowest BCUT2D eigenvalue weighted by atomic mass is 10.1. The third-order valence-electron chi connectivity index (χ3n) is 2.36. The van der Waals surface area contributed by atoms with E-state index in [0.717, 1.165) is 10.0 Å². The zero-order chi connectivity index (χ0) is 14.3. The van der Waals surface area contributed by atoms with Gasteiger partial charge in [-0.2, -0.15) is 13.2 Å². The molecule has 19 heavy (non-hydrogen) atoms. The molecule has 0 atom stereocenters. The molecule has 1 aromatic rings. The maximum Gasteiger partial charge on any atom is 0.411 e. The number of hydrogen-bond acceptors (Lipinski definition) is 2. The van der Waals surface area contributed by atoms with Crippen LogP contribution in [0.2, 0.25) is 0 Å². The number of rotatable bonds is 7. The summed E-state index contributed by atoms with van der Waals surface area (Å²) >= 11 is 3.34. The van der Waals surface area contributed by atoms with Gasteiger partial charge in [-0.3, -0.25) is 4.79 Å². The Balaban J connectivity index is 2.20. The lowest BCUT2D eigenvalue weighted by molar-refractivity contribution is -0.174. The van der Waals surface area contributed by atoms with Gasteiger partial charge in [-0.05, 0) is 18.1 Å². The van der Waals surface area contributed by atoms with Crippen LogP contribution in [0.1, 0.15) is 18.4 Å². The Labute approximate surface area is 118 Å². The average molecular weight is 339 g/mol. The molecule has 0 unspecified atom stereocenters. The first-order chi connectivity index (χ1) is 8.88. The minimum absolute atomic E-state index is 0.0116. The van der Waals surface area contributed by atoms with Gasteiger partial charge in [-0.15, -0.1) is 0 Å². The molecule has 6 heteroatoms. The van der Waals surface area contributed by atoms with E-state index in [-0.39, 0.29) is 25.2 Å². The van der Waals surface area contributed by atoms with E-state index in [1.54, 1.807) is 0 Å². The average Bonchev–Trinajstić information content (AvgIpc) is 2.30. The second kappa shape index (κ2) is 7.65. The van der Waals surface area contributed by atoms with Gasteiger partial charge in [0.15, 0.2) is 0 Å². The second-order valence-corrected chi connectivity index (χ2v) is 4.93. The zero-order valence-electron chi connectivity index (χ0n) is 10.2. The number of Topliss-reactive ketones (excluding diaryl/α,β-unsaturated/α-hetero) is 1. The van der Waals surface area contributed by atoms with E-state index in [4.69, 9.17) is 0 Å². The van der Waals surface area contributed by atoms with Gasteiger partial charge in [-0.25, -0.2) is 0 Å². The monoisotopic (exact) mass is 338 g/mol. The van der Waals surface area contributed by atoms with Crippen LogP contribution >= 0.6 is 15.9 Å². The Kier molecular flexibility index (Phi) is 6.51. The van der Waals surface area contributed by atoms with Gasteiger partial charge in [0.2, 0.25) is 0 Å². The van der Waals surface area contributed by atoms with E-state index in [0.29, 0.717) is 6.42 Å². The Morgan fingerprint density at radius 2 is 1.95 bits per heavy atom. The van der Waals surface area contributed by atoms with E-state index < -0.39 is 12.8 Å². The number of hydrogen-bond donors (Lipinski definition) is 0. The summed E-state index contributed by atoms with van der Waals surface area (Å²) in [7, 11) is 0. The number of alkyl halides is 3. The topological polar surface area (TPSA) is 26.3 Å². The lowest BCUT2D eigenvalue weighted by Crippen LogP contribution is -2.17. The van der Waals surface area contributed by atoms with Gasteiger partial charge in [0.1, 0.15) is 12.4 Å². The number of carbonyl (C=O) groups excluding carboxylic acids is 1. The van der Waals surface area contributed by atoms with Crippen LogP contribution in [0, 0.1) is 0 Å². The van der Waals surface area contributed by atoms with Gasteiger partial charge in [0, 0.05) is 23.9 Å². The molecule has 0 radical (unpaired) electrons. The molecule has 0 fully saturated rings. The van der Waals surface area contributed by atoms with Crippen LogP contribution in [0.15, 0.2) is 28.7 Å². The fourth-order valence-electron chi connectivity index (χ4n) is 1.50. The Hall–Kier alpha value is -0.880. The van der Waals surface area contributed by atoms with Crippen LogP contribution < -0.4 is 0 Å². The summed E-state index contributed by atoms with van der Waals surface area (Å²) in [5, 5.41) is 0. The SMILES string of the molecule is O=C(CCCOCC(F)(F)F)Cc1ccccc1Br. The van der Waals surface area contributed by atoms with E-state index in [1.165, 1.54) is 0 Å². The quantitative estimate of drug-likeness (QED) is 0.704. The first-order valence-corrected chi connectivity index (χ1v) is 6.57. The largest absolute Gasteiger partial charge is 0.411 e. The summed E-state index contributed by atoms with van der Waals surface area (Å²) in [5.41, 5.74) is 0.878. The number of ketones is 1. The highest BCUT2D eigenvalue weighted by molar-refractivity contribution is 9.10. The minimum Gasteiger partial charge on any atom is -0.372 e. The Morgan fingerprint density at radius 1 is 1.26 bits per heavy atom. The summed E-state index contributed by atoms with van der Waals surface area (Å²) in [6.45, 7) is -1.31. The van der Waals surface area contributed by atoms with Crippen molar-refractivity contribution in [2.75, 3.05) is 13.2 Å². The van der Waals surface area contributed by atoms with Gasteiger partial charge in [0.05, 0.1) is 0 Å². The van der Waals surface area contributed by atoms with Gasteiger partial charge in [0.25, 0.3) is 0 Å². The summed E-state index contributed by atoms with van der Waals surface area (Å²) in [6.07, 6.45) is -3.50. The Bertz CT molecular complexity index is 419. The molecule has 2 nitrogen and oxygen atoms in total. The van der Waals surface area contributed by atoms with Crippen molar-refractivity contribution >= 4 is 21.7 Å². The fraction of sp³-hybridized carbons (Fsp3) is 0.462. The molecular weight excluding hydrogens is 325 g/mol. The van der Waals surface area contributed by atoms with E-state index >= 15 is 0 Å². The molecule has 0 saturated heterocycles. The normalized spacial score (nSPS) is 11.6. The minimum atomic E-state index is -4.31. The van der Waals surface area contributed by atoms with Crippen molar-refractivity contribution in [1.82, 2.24) is 0 Å². The van der Waals surface area contributed by atoms with Crippen molar-refractivity contribution in [1.29, 1.82) is 0 Å². The summed E-state index contributed by atoms with van der Waals surface area (Å²) in [5.74, 6) is -0.0116. The van der Waals surface area contributed by atoms with E-state index in [2.05, 4.69) is 20.7 Å². The van der Waals surface area contributed by atoms with E-state index in [9.17, 15) is 18.0 Å². The molecule has 0 aliphatic carbocycles. The van der Waals surface area contributed by atoms with Crippen LogP contribution in [0.4, 0.5) is 13.2 Å².